The minimum absolute atomic E-state index is 0.0711. The molecular formula is C25H15F3N2O2S. The number of anilines is 2. The van der Waals surface area contributed by atoms with E-state index in [0.717, 1.165) is 39.9 Å². The highest BCUT2D eigenvalue weighted by molar-refractivity contribution is 7.11. The molecule has 0 bridgehead atoms. The summed E-state index contributed by atoms with van der Waals surface area (Å²) in [5.41, 5.74) is 0.127. The van der Waals surface area contributed by atoms with Crippen LogP contribution in [0.25, 0.3) is 16.3 Å². The van der Waals surface area contributed by atoms with Gasteiger partial charge in [-0.3, -0.25) is 9.59 Å². The van der Waals surface area contributed by atoms with Crippen LogP contribution in [0.5, 0.6) is 0 Å². The summed E-state index contributed by atoms with van der Waals surface area (Å²) in [5, 5.41) is 6.74. The summed E-state index contributed by atoms with van der Waals surface area (Å²) in [5.74, 6) is -1.22. The molecule has 0 radical (unpaired) electrons. The summed E-state index contributed by atoms with van der Waals surface area (Å²) >= 11 is 1.30. The lowest BCUT2D eigenvalue weighted by atomic mass is 10.1. The lowest BCUT2D eigenvalue weighted by Crippen LogP contribution is -2.32. The van der Waals surface area contributed by atoms with E-state index in [1.807, 2.05) is 36.4 Å². The van der Waals surface area contributed by atoms with Gasteiger partial charge in [0.05, 0.1) is 16.8 Å². The Hall–Kier alpha value is -3.91. The summed E-state index contributed by atoms with van der Waals surface area (Å²) in [6, 6.07) is 20.7. The zero-order valence-electron chi connectivity index (χ0n) is 16.9. The van der Waals surface area contributed by atoms with Gasteiger partial charge in [0.1, 0.15) is 5.70 Å². The van der Waals surface area contributed by atoms with E-state index in [1.54, 1.807) is 23.6 Å². The summed E-state index contributed by atoms with van der Waals surface area (Å²) in [4.78, 5) is 28.3. The quantitative estimate of drug-likeness (QED) is 0.360. The van der Waals surface area contributed by atoms with Crippen LogP contribution in [0, 0.1) is 0 Å². The smallest absolute Gasteiger partial charge is 0.350 e. The Labute approximate surface area is 190 Å². The second kappa shape index (κ2) is 7.90. The van der Waals surface area contributed by atoms with Crippen LogP contribution < -0.4 is 10.2 Å². The van der Waals surface area contributed by atoms with Crippen molar-refractivity contribution in [1.29, 1.82) is 0 Å². The highest BCUT2D eigenvalue weighted by Crippen LogP contribution is 2.37. The molecule has 8 heteroatoms. The van der Waals surface area contributed by atoms with E-state index < -0.39 is 23.6 Å². The normalized spacial score (nSPS) is 14.5. The molecule has 0 spiro atoms. The maximum Gasteiger partial charge on any atom is 0.416 e. The number of fused-ring (bicyclic) bond motifs is 1. The fraction of sp³-hybridized carbons (Fsp3) is 0.0400. The Morgan fingerprint density at radius 1 is 0.788 bits per heavy atom. The third-order valence-electron chi connectivity index (χ3n) is 5.35. The predicted octanol–water partition coefficient (Wildman–Crippen LogP) is 6.32. The molecule has 0 atom stereocenters. The molecule has 4 aromatic rings. The van der Waals surface area contributed by atoms with Gasteiger partial charge < -0.3 is 5.32 Å². The molecule has 0 fully saturated rings. The van der Waals surface area contributed by atoms with E-state index in [2.05, 4.69) is 5.32 Å². The first-order valence-corrected chi connectivity index (χ1v) is 10.8. The van der Waals surface area contributed by atoms with Crippen LogP contribution in [0.3, 0.4) is 0 Å². The van der Waals surface area contributed by atoms with Gasteiger partial charge in [-0.1, -0.05) is 42.5 Å². The van der Waals surface area contributed by atoms with Gasteiger partial charge in [-0.15, -0.1) is 11.3 Å². The number of amides is 2. The molecule has 0 unspecified atom stereocenters. The Morgan fingerprint density at radius 3 is 2.21 bits per heavy atom. The van der Waals surface area contributed by atoms with Crippen LogP contribution in [0.2, 0.25) is 0 Å². The molecule has 1 aromatic heterocycles. The van der Waals surface area contributed by atoms with Gasteiger partial charge in [0.25, 0.3) is 11.8 Å². The first-order chi connectivity index (χ1) is 15.8. The number of nitrogens with zero attached hydrogens (tertiary/aromatic N) is 1. The van der Waals surface area contributed by atoms with Gasteiger partial charge in [0, 0.05) is 16.0 Å². The number of carbonyl (C=O) groups is 2. The SMILES string of the molecule is O=C1C(Nc2cccc3ccccc23)=C(c2cccs2)C(=O)N1c1ccc(C(F)(F)F)cc1. The van der Waals surface area contributed by atoms with Crippen LogP contribution in [-0.4, -0.2) is 11.8 Å². The third kappa shape index (κ3) is 3.68. The van der Waals surface area contributed by atoms with Crippen molar-refractivity contribution in [3.05, 3.63) is 100 Å². The van der Waals surface area contributed by atoms with Crippen LogP contribution in [0.4, 0.5) is 24.5 Å². The summed E-state index contributed by atoms with van der Waals surface area (Å²) in [6.07, 6.45) is -4.51. The average Bonchev–Trinajstić information content (AvgIpc) is 3.40. The Kier molecular flexibility index (Phi) is 5.02. The summed E-state index contributed by atoms with van der Waals surface area (Å²) in [6.45, 7) is 0. The number of benzene rings is 3. The standard InChI is InChI=1S/C25H15F3N2O2S/c26-25(27,28)16-10-12-17(13-11-16)30-23(31)21(20-9-4-14-33-20)22(24(30)32)29-19-8-3-6-15-5-1-2-7-18(15)19/h1-14,29H. The number of nitrogens with one attached hydrogen (secondary N) is 1. The second-order valence-corrected chi connectivity index (χ2v) is 8.32. The van der Waals surface area contributed by atoms with Crippen LogP contribution in [-0.2, 0) is 15.8 Å². The highest BCUT2D eigenvalue weighted by atomic mass is 32.1. The number of hydrogen-bond acceptors (Lipinski definition) is 4. The van der Waals surface area contributed by atoms with Crippen molar-refractivity contribution in [2.24, 2.45) is 0 Å². The number of halogens is 3. The van der Waals surface area contributed by atoms with Gasteiger partial charge in [0.2, 0.25) is 0 Å². The average molecular weight is 464 g/mol. The van der Waals surface area contributed by atoms with Crippen LogP contribution >= 0.6 is 11.3 Å². The van der Waals surface area contributed by atoms with E-state index in [9.17, 15) is 22.8 Å². The highest BCUT2D eigenvalue weighted by Gasteiger charge is 2.41. The number of alkyl halides is 3. The summed E-state index contributed by atoms with van der Waals surface area (Å²) < 4.78 is 38.9. The molecule has 33 heavy (non-hydrogen) atoms. The number of imide groups is 1. The zero-order valence-corrected chi connectivity index (χ0v) is 17.7. The second-order valence-electron chi connectivity index (χ2n) is 7.37. The lowest BCUT2D eigenvalue weighted by molar-refractivity contribution is -0.137. The molecule has 3 aromatic carbocycles. The minimum atomic E-state index is -4.51. The number of hydrogen-bond donors (Lipinski definition) is 1. The topological polar surface area (TPSA) is 49.4 Å². The van der Waals surface area contributed by atoms with Crippen LogP contribution in [0.1, 0.15) is 10.4 Å². The van der Waals surface area contributed by atoms with E-state index in [4.69, 9.17) is 0 Å². The molecule has 0 aliphatic carbocycles. The van der Waals surface area contributed by atoms with Gasteiger partial charge in [-0.25, -0.2) is 4.90 Å². The Morgan fingerprint density at radius 2 is 1.52 bits per heavy atom. The van der Waals surface area contributed by atoms with Gasteiger partial charge >= 0.3 is 6.18 Å². The van der Waals surface area contributed by atoms with Crippen molar-refractivity contribution >= 4 is 50.9 Å². The van der Waals surface area contributed by atoms with Crippen molar-refractivity contribution in [3.8, 4) is 0 Å². The molecule has 5 rings (SSSR count). The molecule has 0 saturated heterocycles. The number of rotatable bonds is 4. The largest absolute Gasteiger partial charge is 0.416 e. The van der Waals surface area contributed by atoms with Crippen molar-refractivity contribution in [1.82, 2.24) is 0 Å². The van der Waals surface area contributed by atoms with Crippen molar-refractivity contribution < 1.29 is 22.8 Å². The minimum Gasteiger partial charge on any atom is -0.350 e. The van der Waals surface area contributed by atoms with E-state index in [1.165, 1.54) is 11.3 Å². The molecule has 4 nitrogen and oxygen atoms in total. The third-order valence-corrected chi connectivity index (χ3v) is 6.24. The molecular weight excluding hydrogens is 449 g/mol. The van der Waals surface area contributed by atoms with Crippen molar-refractivity contribution in [2.75, 3.05) is 10.2 Å². The number of thiophene rings is 1. The van der Waals surface area contributed by atoms with Crippen molar-refractivity contribution in [3.63, 3.8) is 0 Å². The monoisotopic (exact) mass is 464 g/mol. The molecule has 2 amide bonds. The predicted molar refractivity (Wildman–Crippen MR) is 123 cm³/mol. The van der Waals surface area contributed by atoms with Gasteiger partial charge in [-0.2, -0.15) is 13.2 Å². The fourth-order valence-electron chi connectivity index (χ4n) is 3.80. The molecule has 2 heterocycles. The lowest BCUT2D eigenvalue weighted by Gasteiger charge is -2.16. The molecule has 1 aliphatic rings. The first kappa shape index (κ1) is 21.0. The van der Waals surface area contributed by atoms with Crippen LogP contribution in [0.15, 0.2) is 89.9 Å². The Balaban J connectivity index is 1.59. The van der Waals surface area contributed by atoms with Gasteiger partial charge in [0.15, 0.2) is 0 Å². The molecule has 1 aliphatic heterocycles. The van der Waals surface area contributed by atoms with E-state index >= 15 is 0 Å². The maximum atomic E-state index is 13.4. The van der Waals surface area contributed by atoms with E-state index in [-0.39, 0.29) is 17.0 Å². The summed E-state index contributed by atoms with van der Waals surface area (Å²) in [7, 11) is 0. The maximum absolute atomic E-state index is 13.4. The van der Waals surface area contributed by atoms with Crippen molar-refractivity contribution in [2.45, 2.75) is 6.18 Å². The van der Waals surface area contributed by atoms with Gasteiger partial charge in [-0.05, 0) is 47.2 Å². The Bertz CT molecular complexity index is 1400. The van der Waals surface area contributed by atoms with E-state index in [0.29, 0.717) is 10.6 Å². The fourth-order valence-corrected chi connectivity index (χ4v) is 4.57. The first-order valence-electron chi connectivity index (χ1n) is 9.93. The molecule has 0 saturated carbocycles. The molecule has 164 valence electrons. The number of carbonyl (C=O) groups excluding carboxylic acids is 2. The molecule has 1 N–H and O–H groups in total. The zero-order chi connectivity index (χ0) is 23.2.